The summed E-state index contributed by atoms with van der Waals surface area (Å²) in [4.78, 5) is 17.0. The molecule has 0 saturated carbocycles. The van der Waals surface area contributed by atoms with Gasteiger partial charge in [0.05, 0.1) is 17.0 Å². The Hall–Kier alpha value is -3.18. The van der Waals surface area contributed by atoms with E-state index in [0.717, 1.165) is 16.9 Å². The molecule has 4 rings (SSSR count). The molecule has 1 aromatic heterocycles. The van der Waals surface area contributed by atoms with Crippen molar-refractivity contribution in [3.63, 3.8) is 0 Å². The summed E-state index contributed by atoms with van der Waals surface area (Å²) < 4.78 is 1.72. The first-order valence-corrected chi connectivity index (χ1v) is 10.1. The minimum absolute atomic E-state index is 0.0868. The van der Waals surface area contributed by atoms with Gasteiger partial charge in [-0.05, 0) is 29.7 Å². The fourth-order valence-corrected chi connectivity index (χ4v) is 3.69. The van der Waals surface area contributed by atoms with Crippen LogP contribution >= 0.6 is 11.6 Å². The number of hydrogen-bond acceptors (Lipinski definition) is 4. The molecule has 1 heterocycles. The number of aliphatic imine (C=N–C) groups is 1. The molecule has 30 heavy (non-hydrogen) atoms. The molecule has 0 radical (unpaired) electrons. The summed E-state index contributed by atoms with van der Waals surface area (Å²) in [5.74, 6) is 0.545. The van der Waals surface area contributed by atoms with Crippen LogP contribution in [0.3, 0.4) is 0 Å². The first kappa shape index (κ1) is 20.1. The van der Waals surface area contributed by atoms with Gasteiger partial charge >= 0.3 is 0 Å². The second kappa shape index (κ2) is 7.92. The number of aliphatic hydroxyl groups is 1. The Bertz CT molecular complexity index is 1140. The highest BCUT2D eigenvalue weighted by Gasteiger charge is 2.32. The number of aromatic nitrogens is 2. The number of allylic oxidation sites excluding steroid dienone is 2. The van der Waals surface area contributed by atoms with Crippen LogP contribution in [0.25, 0.3) is 16.9 Å². The van der Waals surface area contributed by atoms with Crippen LogP contribution < -0.4 is 0 Å². The van der Waals surface area contributed by atoms with Crippen molar-refractivity contribution < 1.29 is 9.90 Å². The number of carbonyl (C=O) groups excluding carboxylic acids is 1. The summed E-state index contributed by atoms with van der Waals surface area (Å²) in [7, 11) is 0. The highest BCUT2D eigenvalue weighted by Crippen LogP contribution is 2.35. The number of benzene rings is 2. The van der Waals surface area contributed by atoms with Crippen LogP contribution in [0, 0.1) is 5.41 Å². The Balaban J connectivity index is 1.76. The molecule has 5 nitrogen and oxygen atoms in total. The Morgan fingerprint density at radius 2 is 1.80 bits per heavy atom. The highest BCUT2D eigenvalue weighted by molar-refractivity contribution is 6.30. The smallest absolute Gasteiger partial charge is 0.168 e. The number of halogens is 1. The zero-order valence-corrected chi connectivity index (χ0v) is 17.6. The third kappa shape index (κ3) is 4.21. The quantitative estimate of drug-likeness (QED) is 0.520. The number of carbonyl (C=O) groups is 1. The SMILES string of the molecule is CC1(C)CC(=O)C(/C=N/c2cc(-c3ccc(Cl)cc3)nn2-c2ccccc2)=C(O)C1. The van der Waals surface area contributed by atoms with Crippen molar-refractivity contribution in [1.82, 2.24) is 9.78 Å². The minimum atomic E-state index is -0.244. The largest absolute Gasteiger partial charge is 0.511 e. The van der Waals surface area contributed by atoms with Gasteiger partial charge in [-0.3, -0.25) is 4.79 Å². The summed E-state index contributed by atoms with van der Waals surface area (Å²) >= 11 is 6.00. The molecule has 1 aliphatic rings. The summed E-state index contributed by atoms with van der Waals surface area (Å²) in [6, 6.07) is 18.9. The molecule has 3 aromatic rings. The van der Waals surface area contributed by atoms with Gasteiger partial charge in [-0.1, -0.05) is 55.8 Å². The van der Waals surface area contributed by atoms with Crippen LogP contribution in [-0.2, 0) is 4.79 Å². The van der Waals surface area contributed by atoms with Gasteiger partial charge in [-0.2, -0.15) is 5.10 Å². The summed E-state index contributed by atoms with van der Waals surface area (Å²) in [5, 5.41) is 15.7. The molecule has 0 fully saturated rings. The van der Waals surface area contributed by atoms with Gasteiger partial charge in [-0.15, -0.1) is 0 Å². The number of rotatable bonds is 4. The van der Waals surface area contributed by atoms with Crippen LogP contribution in [0.5, 0.6) is 0 Å². The maximum Gasteiger partial charge on any atom is 0.168 e. The molecular formula is C24H22ClN3O2. The average Bonchev–Trinajstić information content (AvgIpc) is 3.12. The normalized spacial score (nSPS) is 16.4. The van der Waals surface area contributed by atoms with E-state index < -0.39 is 0 Å². The Morgan fingerprint density at radius 3 is 2.47 bits per heavy atom. The van der Waals surface area contributed by atoms with Gasteiger partial charge in [0.25, 0.3) is 0 Å². The van der Waals surface area contributed by atoms with Crippen molar-refractivity contribution in [3.8, 4) is 16.9 Å². The number of para-hydroxylation sites is 1. The Morgan fingerprint density at radius 1 is 1.10 bits per heavy atom. The first-order chi connectivity index (χ1) is 14.3. The maximum atomic E-state index is 12.5. The van der Waals surface area contributed by atoms with Gasteiger partial charge in [-0.25, -0.2) is 9.67 Å². The number of ketones is 1. The molecule has 1 N–H and O–H groups in total. The zero-order valence-electron chi connectivity index (χ0n) is 16.8. The summed E-state index contributed by atoms with van der Waals surface area (Å²) in [6.07, 6.45) is 2.29. The van der Waals surface area contributed by atoms with Crippen LogP contribution in [0.4, 0.5) is 5.82 Å². The zero-order chi connectivity index (χ0) is 21.3. The summed E-state index contributed by atoms with van der Waals surface area (Å²) in [6.45, 7) is 3.94. The molecule has 0 saturated heterocycles. The van der Waals surface area contributed by atoms with Crippen molar-refractivity contribution in [2.75, 3.05) is 0 Å². The molecule has 152 valence electrons. The second-order valence-corrected chi connectivity index (χ2v) is 8.64. The van der Waals surface area contributed by atoms with Crippen LogP contribution in [0.15, 0.2) is 77.0 Å². The van der Waals surface area contributed by atoms with E-state index >= 15 is 0 Å². The lowest BCUT2D eigenvalue weighted by Crippen LogP contribution is -2.26. The van der Waals surface area contributed by atoms with Crippen molar-refractivity contribution >= 4 is 29.4 Å². The number of aliphatic hydroxyl groups excluding tert-OH is 1. The van der Waals surface area contributed by atoms with Crippen molar-refractivity contribution in [3.05, 3.63) is 77.0 Å². The fraction of sp³-hybridized carbons (Fsp3) is 0.208. The van der Waals surface area contributed by atoms with Gasteiger partial charge in [0.2, 0.25) is 0 Å². The van der Waals surface area contributed by atoms with Gasteiger partial charge in [0, 0.05) is 35.7 Å². The van der Waals surface area contributed by atoms with Crippen LogP contribution in [0.1, 0.15) is 26.7 Å². The first-order valence-electron chi connectivity index (χ1n) is 9.73. The molecule has 0 amide bonds. The predicted molar refractivity (Wildman–Crippen MR) is 120 cm³/mol. The maximum absolute atomic E-state index is 12.5. The monoisotopic (exact) mass is 419 g/mol. The van der Waals surface area contributed by atoms with E-state index in [9.17, 15) is 9.90 Å². The second-order valence-electron chi connectivity index (χ2n) is 8.20. The lowest BCUT2D eigenvalue weighted by atomic mass is 9.77. The highest BCUT2D eigenvalue weighted by atomic mass is 35.5. The topological polar surface area (TPSA) is 67.5 Å². The third-order valence-corrected chi connectivity index (χ3v) is 5.31. The summed E-state index contributed by atoms with van der Waals surface area (Å²) in [5.41, 5.74) is 2.51. The molecule has 0 atom stereocenters. The molecule has 0 aliphatic heterocycles. The predicted octanol–water partition coefficient (Wildman–Crippen LogP) is 6.10. The van der Waals surface area contributed by atoms with E-state index in [-0.39, 0.29) is 22.5 Å². The molecule has 0 unspecified atom stereocenters. The minimum Gasteiger partial charge on any atom is -0.511 e. The van der Waals surface area contributed by atoms with E-state index in [1.165, 1.54) is 6.21 Å². The van der Waals surface area contributed by atoms with Gasteiger partial charge < -0.3 is 5.11 Å². The molecule has 0 bridgehead atoms. The van der Waals surface area contributed by atoms with Gasteiger partial charge in [0.1, 0.15) is 5.76 Å². The fourth-order valence-electron chi connectivity index (χ4n) is 3.56. The third-order valence-electron chi connectivity index (χ3n) is 5.05. The number of Topliss-reactive ketones (excluding diaryl/α,β-unsaturated/α-hetero) is 1. The molecular weight excluding hydrogens is 398 g/mol. The molecule has 2 aromatic carbocycles. The van der Waals surface area contributed by atoms with Crippen molar-refractivity contribution in [2.45, 2.75) is 26.7 Å². The van der Waals surface area contributed by atoms with Crippen molar-refractivity contribution in [2.24, 2.45) is 10.4 Å². The lowest BCUT2D eigenvalue weighted by molar-refractivity contribution is -0.117. The van der Waals surface area contributed by atoms with E-state index in [1.807, 2.05) is 74.5 Å². The Kier molecular flexibility index (Phi) is 5.31. The van der Waals surface area contributed by atoms with E-state index in [1.54, 1.807) is 4.68 Å². The van der Waals surface area contributed by atoms with Gasteiger partial charge in [0.15, 0.2) is 11.6 Å². The number of nitrogens with zero attached hydrogens (tertiary/aromatic N) is 3. The Labute approximate surface area is 180 Å². The number of hydrogen-bond donors (Lipinski definition) is 1. The lowest BCUT2D eigenvalue weighted by Gasteiger charge is -2.28. The average molecular weight is 420 g/mol. The van der Waals surface area contributed by atoms with E-state index in [2.05, 4.69) is 4.99 Å². The molecule has 6 heteroatoms. The van der Waals surface area contributed by atoms with Crippen LogP contribution in [0.2, 0.25) is 5.02 Å². The van der Waals surface area contributed by atoms with E-state index in [0.29, 0.717) is 23.7 Å². The molecule has 1 aliphatic carbocycles. The standard InChI is InChI=1S/C24H22ClN3O2/c1-24(2)13-21(29)19(22(30)14-24)15-26-23-12-20(16-8-10-17(25)11-9-16)27-28(23)18-6-4-3-5-7-18/h3-12,15,29H,13-14H2,1-2H3/b26-15+. The van der Waals surface area contributed by atoms with E-state index in [4.69, 9.17) is 16.7 Å². The van der Waals surface area contributed by atoms with Crippen LogP contribution in [-0.4, -0.2) is 26.9 Å². The van der Waals surface area contributed by atoms with Crippen molar-refractivity contribution in [1.29, 1.82) is 0 Å². The molecule has 0 spiro atoms.